The largest absolute Gasteiger partial charge is 0.341 e. The molecule has 0 fully saturated rings. The number of aryl methyl sites for hydroxylation is 1. The maximum Gasteiger partial charge on any atom is 0.173 e. The molecule has 0 spiro atoms. The minimum absolute atomic E-state index is 0.235. The van der Waals surface area contributed by atoms with Crippen LogP contribution in [0.15, 0.2) is 60.2 Å². The average Bonchev–Trinajstić information content (AvgIpc) is 2.57. The van der Waals surface area contributed by atoms with E-state index in [1.54, 1.807) is 0 Å². The van der Waals surface area contributed by atoms with Crippen molar-refractivity contribution in [3.63, 3.8) is 0 Å². The fourth-order valence-electron chi connectivity index (χ4n) is 3.58. The summed E-state index contributed by atoms with van der Waals surface area (Å²) >= 11 is 5.58. The first-order valence-electron chi connectivity index (χ1n) is 7.66. The van der Waals surface area contributed by atoms with E-state index in [1.165, 1.54) is 28.0 Å². The molecule has 0 amide bonds. The molecule has 1 aliphatic carbocycles. The van der Waals surface area contributed by atoms with Gasteiger partial charge in [0.05, 0.1) is 6.04 Å². The molecule has 1 heterocycles. The molecular weight excluding hydrogens is 288 g/mol. The van der Waals surface area contributed by atoms with E-state index in [4.69, 9.17) is 12.2 Å². The Balaban J connectivity index is 1.90. The molecule has 0 saturated heterocycles. The lowest BCUT2D eigenvalue weighted by Crippen LogP contribution is -2.45. The normalized spacial score (nSPS) is 20.3. The minimum atomic E-state index is 0.235. The van der Waals surface area contributed by atoms with Crippen LogP contribution in [0.2, 0.25) is 0 Å². The Morgan fingerprint density at radius 3 is 2.55 bits per heavy atom. The summed E-state index contributed by atoms with van der Waals surface area (Å²) in [6.45, 7) is 0. The fraction of sp³-hybridized carbons (Fsp3) is 0.211. The van der Waals surface area contributed by atoms with Gasteiger partial charge >= 0.3 is 0 Å². The molecule has 0 bridgehead atoms. The first-order chi connectivity index (χ1) is 10.8. The predicted molar refractivity (Wildman–Crippen MR) is 94.4 cm³/mol. The van der Waals surface area contributed by atoms with Crippen molar-refractivity contribution >= 4 is 23.0 Å². The second-order valence-electron chi connectivity index (χ2n) is 5.91. The first-order valence-corrected chi connectivity index (χ1v) is 8.06. The molecule has 1 unspecified atom stereocenters. The third-order valence-electron chi connectivity index (χ3n) is 4.66. The van der Waals surface area contributed by atoms with Crippen LogP contribution < -0.4 is 5.32 Å². The summed E-state index contributed by atoms with van der Waals surface area (Å²) in [4.78, 5) is 2.18. The second-order valence-corrected chi connectivity index (χ2v) is 6.30. The molecule has 4 rings (SSSR count). The lowest BCUT2D eigenvalue weighted by atomic mass is 9.82. The lowest BCUT2D eigenvalue weighted by Gasteiger charge is -2.41. The Morgan fingerprint density at radius 2 is 1.73 bits per heavy atom. The topological polar surface area (TPSA) is 15.3 Å². The Kier molecular flexibility index (Phi) is 3.23. The monoisotopic (exact) mass is 306 g/mol. The molecule has 1 aliphatic heterocycles. The van der Waals surface area contributed by atoms with Gasteiger partial charge in [0.2, 0.25) is 0 Å². The van der Waals surface area contributed by atoms with E-state index < -0.39 is 0 Å². The van der Waals surface area contributed by atoms with Gasteiger partial charge in [0, 0.05) is 18.3 Å². The van der Waals surface area contributed by atoms with Crippen molar-refractivity contribution < 1.29 is 0 Å². The highest BCUT2D eigenvalue weighted by Gasteiger charge is 2.33. The van der Waals surface area contributed by atoms with Gasteiger partial charge in [-0.25, -0.2) is 0 Å². The van der Waals surface area contributed by atoms with E-state index in [1.807, 2.05) is 0 Å². The highest BCUT2D eigenvalue weighted by Crippen LogP contribution is 2.41. The molecule has 0 aromatic heterocycles. The van der Waals surface area contributed by atoms with Crippen LogP contribution in [0.5, 0.6) is 0 Å². The zero-order valence-corrected chi connectivity index (χ0v) is 13.4. The average molecular weight is 306 g/mol. The zero-order chi connectivity index (χ0) is 15.1. The molecule has 2 aliphatic rings. The van der Waals surface area contributed by atoms with Crippen molar-refractivity contribution in [3.05, 3.63) is 76.9 Å². The molecule has 2 aromatic rings. The third kappa shape index (κ3) is 2.04. The van der Waals surface area contributed by atoms with Gasteiger partial charge in [-0.2, -0.15) is 0 Å². The number of fused-ring (bicyclic) bond motifs is 2. The number of nitrogens with one attached hydrogen (secondary N) is 1. The van der Waals surface area contributed by atoms with Crippen LogP contribution in [0.25, 0.3) is 5.70 Å². The molecule has 22 heavy (non-hydrogen) atoms. The van der Waals surface area contributed by atoms with Gasteiger partial charge in [0.25, 0.3) is 0 Å². The quantitative estimate of drug-likeness (QED) is 0.804. The number of likely N-dealkylation sites (N-methyl/N-ethyl adjacent to an activating group) is 1. The molecule has 3 heteroatoms. The van der Waals surface area contributed by atoms with Crippen molar-refractivity contribution in [2.75, 3.05) is 7.05 Å². The maximum atomic E-state index is 5.58. The van der Waals surface area contributed by atoms with E-state index in [0.717, 1.165) is 18.0 Å². The molecule has 1 atom stereocenters. The van der Waals surface area contributed by atoms with E-state index in [0.29, 0.717) is 0 Å². The lowest BCUT2D eigenvalue weighted by molar-refractivity contribution is 0.398. The Bertz CT molecular complexity index is 764. The first kappa shape index (κ1) is 13.5. The highest BCUT2D eigenvalue weighted by molar-refractivity contribution is 7.80. The van der Waals surface area contributed by atoms with Crippen molar-refractivity contribution in [3.8, 4) is 0 Å². The summed E-state index contributed by atoms with van der Waals surface area (Å²) in [7, 11) is 2.08. The molecule has 2 nitrogen and oxygen atoms in total. The summed E-state index contributed by atoms with van der Waals surface area (Å²) in [6, 6.07) is 19.5. The number of nitrogens with zero attached hydrogens (tertiary/aromatic N) is 1. The SMILES string of the molecule is CN1C(=S)NC2=C(CCc3ccccc32)C1c1ccccc1. The molecule has 0 radical (unpaired) electrons. The van der Waals surface area contributed by atoms with Gasteiger partial charge < -0.3 is 10.2 Å². The number of thiocarbonyl (C=S) groups is 1. The molecule has 0 saturated carbocycles. The van der Waals surface area contributed by atoms with Crippen LogP contribution in [0, 0.1) is 0 Å². The van der Waals surface area contributed by atoms with E-state index in [2.05, 4.69) is 71.9 Å². The van der Waals surface area contributed by atoms with Gasteiger partial charge in [0.1, 0.15) is 0 Å². The summed E-state index contributed by atoms with van der Waals surface area (Å²) in [5, 5.41) is 4.26. The number of hydrogen-bond donors (Lipinski definition) is 1. The number of benzene rings is 2. The van der Waals surface area contributed by atoms with E-state index >= 15 is 0 Å². The van der Waals surface area contributed by atoms with Crippen LogP contribution in [-0.2, 0) is 6.42 Å². The maximum absolute atomic E-state index is 5.58. The summed E-state index contributed by atoms with van der Waals surface area (Å²) < 4.78 is 0. The highest BCUT2D eigenvalue weighted by atomic mass is 32.1. The number of hydrogen-bond acceptors (Lipinski definition) is 1. The standard InChI is InChI=1S/C19H18N2S/c1-21-18(14-8-3-2-4-9-14)16-12-11-13-7-5-6-10-15(13)17(16)20-19(21)22/h2-10,18H,11-12H2,1H3,(H,20,22). The summed E-state index contributed by atoms with van der Waals surface area (Å²) in [5.74, 6) is 0. The molecule has 2 aromatic carbocycles. The van der Waals surface area contributed by atoms with Crippen LogP contribution >= 0.6 is 12.2 Å². The Hall–Kier alpha value is -2.13. The van der Waals surface area contributed by atoms with Gasteiger partial charge in [-0.05, 0) is 41.8 Å². The smallest absolute Gasteiger partial charge is 0.173 e. The Morgan fingerprint density at radius 1 is 1.00 bits per heavy atom. The van der Waals surface area contributed by atoms with Gasteiger partial charge in [-0.3, -0.25) is 0 Å². The molecular formula is C19H18N2S. The molecule has 110 valence electrons. The van der Waals surface area contributed by atoms with Gasteiger partial charge in [-0.15, -0.1) is 0 Å². The molecule has 1 N–H and O–H groups in total. The van der Waals surface area contributed by atoms with E-state index in [9.17, 15) is 0 Å². The van der Waals surface area contributed by atoms with Crippen LogP contribution in [0.4, 0.5) is 0 Å². The van der Waals surface area contributed by atoms with Crippen molar-refractivity contribution in [2.45, 2.75) is 18.9 Å². The summed E-state index contributed by atoms with van der Waals surface area (Å²) in [6.07, 6.45) is 2.17. The predicted octanol–water partition coefficient (Wildman–Crippen LogP) is 3.91. The van der Waals surface area contributed by atoms with Crippen LogP contribution in [0.3, 0.4) is 0 Å². The summed E-state index contributed by atoms with van der Waals surface area (Å²) in [5.41, 5.74) is 6.69. The van der Waals surface area contributed by atoms with Gasteiger partial charge in [-0.1, -0.05) is 54.6 Å². The van der Waals surface area contributed by atoms with Gasteiger partial charge in [0.15, 0.2) is 5.11 Å². The fourth-order valence-corrected chi connectivity index (χ4v) is 3.78. The Labute approximate surface area is 136 Å². The second kappa shape index (κ2) is 5.25. The van der Waals surface area contributed by atoms with E-state index in [-0.39, 0.29) is 6.04 Å². The van der Waals surface area contributed by atoms with Crippen molar-refractivity contribution in [1.82, 2.24) is 10.2 Å². The third-order valence-corrected chi connectivity index (χ3v) is 5.05. The minimum Gasteiger partial charge on any atom is -0.341 e. The van der Waals surface area contributed by atoms with Crippen molar-refractivity contribution in [2.24, 2.45) is 0 Å². The number of rotatable bonds is 1. The van der Waals surface area contributed by atoms with Crippen LogP contribution in [-0.4, -0.2) is 17.1 Å². The zero-order valence-electron chi connectivity index (χ0n) is 12.5. The van der Waals surface area contributed by atoms with Crippen LogP contribution in [0.1, 0.15) is 29.2 Å². The van der Waals surface area contributed by atoms with Crippen molar-refractivity contribution in [1.29, 1.82) is 0 Å².